The van der Waals surface area contributed by atoms with E-state index >= 15 is 0 Å². The molecule has 28 heavy (non-hydrogen) atoms. The lowest BCUT2D eigenvalue weighted by atomic mass is 9.82. The standard InChI is InChI=1S/C22H27N3O2.ClH/c23-22(24)25-15-18-6-10-19(11-7-18)21(26)27-20-12-8-17(9-13-20)14-16-4-2-1-3-5-16;/h1-5,8-9,12-13,18-19H,6-7,10-11,14-15H2,(H4,23,24,25);1H. The number of aliphatic imine (C=N–C) groups is 1. The molecule has 150 valence electrons. The first-order valence-corrected chi connectivity index (χ1v) is 9.50. The van der Waals surface area contributed by atoms with E-state index in [1.807, 2.05) is 42.5 Å². The van der Waals surface area contributed by atoms with Crippen molar-refractivity contribution in [2.24, 2.45) is 28.3 Å². The first kappa shape index (κ1) is 21.8. The fourth-order valence-corrected chi connectivity index (χ4v) is 3.52. The molecule has 0 radical (unpaired) electrons. The summed E-state index contributed by atoms with van der Waals surface area (Å²) in [6.45, 7) is 0.646. The summed E-state index contributed by atoms with van der Waals surface area (Å²) in [5.41, 5.74) is 13.2. The van der Waals surface area contributed by atoms with Gasteiger partial charge in [0.25, 0.3) is 0 Å². The second-order valence-corrected chi connectivity index (χ2v) is 7.21. The van der Waals surface area contributed by atoms with Gasteiger partial charge in [0.15, 0.2) is 5.96 Å². The molecule has 1 aliphatic carbocycles. The van der Waals surface area contributed by atoms with Crippen LogP contribution in [0.4, 0.5) is 0 Å². The number of halogens is 1. The number of hydrogen-bond donors (Lipinski definition) is 2. The van der Waals surface area contributed by atoms with E-state index in [0.717, 1.165) is 32.1 Å². The third-order valence-corrected chi connectivity index (χ3v) is 5.11. The number of carbonyl (C=O) groups is 1. The van der Waals surface area contributed by atoms with Crippen LogP contribution >= 0.6 is 12.4 Å². The van der Waals surface area contributed by atoms with E-state index in [2.05, 4.69) is 17.1 Å². The Kier molecular flexibility index (Phi) is 8.33. The van der Waals surface area contributed by atoms with E-state index in [4.69, 9.17) is 16.2 Å². The maximum atomic E-state index is 12.4. The summed E-state index contributed by atoms with van der Waals surface area (Å²) in [4.78, 5) is 16.5. The molecule has 3 rings (SSSR count). The predicted octanol–water partition coefficient (Wildman–Crippen LogP) is 3.68. The number of nitrogens with zero attached hydrogens (tertiary/aromatic N) is 1. The van der Waals surface area contributed by atoms with Crippen LogP contribution in [-0.4, -0.2) is 18.5 Å². The second-order valence-electron chi connectivity index (χ2n) is 7.21. The molecule has 0 amide bonds. The summed E-state index contributed by atoms with van der Waals surface area (Å²) in [6.07, 6.45) is 4.43. The molecule has 1 aliphatic rings. The van der Waals surface area contributed by atoms with Crippen LogP contribution in [0, 0.1) is 11.8 Å². The Bertz CT molecular complexity index is 766. The number of carbonyl (C=O) groups excluding carboxylic acids is 1. The van der Waals surface area contributed by atoms with Crippen molar-refractivity contribution in [2.75, 3.05) is 6.54 Å². The minimum atomic E-state index is -0.133. The van der Waals surface area contributed by atoms with Gasteiger partial charge in [-0.2, -0.15) is 0 Å². The molecule has 0 spiro atoms. The summed E-state index contributed by atoms with van der Waals surface area (Å²) in [6, 6.07) is 18.1. The van der Waals surface area contributed by atoms with Crippen molar-refractivity contribution < 1.29 is 9.53 Å². The smallest absolute Gasteiger partial charge is 0.314 e. The highest BCUT2D eigenvalue weighted by Crippen LogP contribution is 2.30. The Morgan fingerprint density at radius 3 is 2.14 bits per heavy atom. The maximum absolute atomic E-state index is 12.4. The third kappa shape index (κ3) is 6.57. The van der Waals surface area contributed by atoms with Crippen molar-refractivity contribution in [1.29, 1.82) is 0 Å². The monoisotopic (exact) mass is 401 g/mol. The molecule has 2 aromatic rings. The summed E-state index contributed by atoms with van der Waals surface area (Å²) in [5.74, 6) is 1.02. The van der Waals surface area contributed by atoms with Gasteiger partial charge in [0.1, 0.15) is 5.75 Å². The lowest BCUT2D eigenvalue weighted by Gasteiger charge is -2.26. The molecule has 5 nitrogen and oxygen atoms in total. The molecule has 0 saturated heterocycles. The van der Waals surface area contributed by atoms with Gasteiger partial charge in [0.2, 0.25) is 0 Å². The fourth-order valence-electron chi connectivity index (χ4n) is 3.52. The quantitative estimate of drug-likeness (QED) is 0.334. The first-order valence-electron chi connectivity index (χ1n) is 9.50. The van der Waals surface area contributed by atoms with E-state index in [9.17, 15) is 4.79 Å². The van der Waals surface area contributed by atoms with Crippen molar-refractivity contribution in [2.45, 2.75) is 32.1 Å². The van der Waals surface area contributed by atoms with Crippen molar-refractivity contribution in [3.05, 3.63) is 65.7 Å². The fraction of sp³-hybridized carbons (Fsp3) is 0.364. The highest BCUT2D eigenvalue weighted by molar-refractivity contribution is 5.85. The van der Waals surface area contributed by atoms with E-state index < -0.39 is 0 Å². The highest BCUT2D eigenvalue weighted by Gasteiger charge is 2.27. The average molecular weight is 402 g/mol. The van der Waals surface area contributed by atoms with Gasteiger partial charge in [-0.1, -0.05) is 42.5 Å². The Hall–Kier alpha value is -2.53. The van der Waals surface area contributed by atoms with Crippen LogP contribution in [0.15, 0.2) is 59.6 Å². The summed E-state index contributed by atoms with van der Waals surface area (Å²) < 4.78 is 5.59. The van der Waals surface area contributed by atoms with Gasteiger partial charge in [-0.3, -0.25) is 9.79 Å². The molecule has 0 bridgehead atoms. The van der Waals surface area contributed by atoms with Crippen molar-refractivity contribution >= 4 is 24.3 Å². The van der Waals surface area contributed by atoms with Crippen LogP contribution in [0.3, 0.4) is 0 Å². The van der Waals surface area contributed by atoms with Gasteiger partial charge < -0.3 is 16.2 Å². The van der Waals surface area contributed by atoms with Crippen LogP contribution in [0.5, 0.6) is 5.75 Å². The zero-order chi connectivity index (χ0) is 19.1. The number of ether oxygens (including phenoxy) is 1. The minimum absolute atomic E-state index is 0. The number of esters is 1. The first-order chi connectivity index (χ1) is 13.1. The second kappa shape index (κ2) is 10.7. The van der Waals surface area contributed by atoms with E-state index in [-0.39, 0.29) is 30.3 Å². The molecule has 4 N–H and O–H groups in total. The molecule has 6 heteroatoms. The van der Waals surface area contributed by atoms with Gasteiger partial charge in [-0.05, 0) is 61.3 Å². The van der Waals surface area contributed by atoms with Gasteiger partial charge in [-0.25, -0.2) is 0 Å². The topological polar surface area (TPSA) is 90.7 Å². The van der Waals surface area contributed by atoms with Crippen molar-refractivity contribution in [1.82, 2.24) is 0 Å². The molecule has 2 aromatic carbocycles. The predicted molar refractivity (Wildman–Crippen MR) is 115 cm³/mol. The molecule has 0 aliphatic heterocycles. The molecule has 0 unspecified atom stereocenters. The Morgan fingerprint density at radius 2 is 1.54 bits per heavy atom. The van der Waals surface area contributed by atoms with Gasteiger partial charge >= 0.3 is 5.97 Å². The molecule has 0 aromatic heterocycles. The normalized spacial score (nSPS) is 18.6. The molecule has 1 fully saturated rings. The number of guanidine groups is 1. The molecular formula is C22H28ClN3O2. The van der Waals surface area contributed by atoms with E-state index in [0.29, 0.717) is 18.2 Å². The number of nitrogens with two attached hydrogens (primary N) is 2. The lowest BCUT2D eigenvalue weighted by Crippen LogP contribution is -2.28. The van der Waals surface area contributed by atoms with Crippen LogP contribution in [0.25, 0.3) is 0 Å². The Labute approximate surface area is 172 Å². The molecule has 0 heterocycles. The Morgan fingerprint density at radius 1 is 0.929 bits per heavy atom. The zero-order valence-corrected chi connectivity index (χ0v) is 16.7. The van der Waals surface area contributed by atoms with Crippen LogP contribution in [-0.2, 0) is 11.2 Å². The van der Waals surface area contributed by atoms with Crippen LogP contribution < -0.4 is 16.2 Å². The van der Waals surface area contributed by atoms with Crippen LogP contribution in [0.2, 0.25) is 0 Å². The Balaban J connectivity index is 0.00000280. The van der Waals surface area contributed by atoms with Crippen LogP contribution in [0.1, 0.15) is 36.8 Å². The number of rotatable bonds is 6. The number of benzene rings is 2. The van der Waals surface area contributed by atoms with E-state index in [1.165, 1.54) is 11.1 Å². The molecular weight excluding hydrogens is 374 g/mol. The third-order valence-electron chi connectivity index (χ3n) is 5.11. The average Bonchev–Trinajstić information content (AvgIpc) is 2.69. The number of hydrogen-bond acceptors (Lipinski definition) is 3. The van der Waals surface area contributed by atoms with E-state index in [1.54, 1.807) is 0 Å². The van der Waals surface area contributed by atoms with Crippen molar-refractivity contribution in [3.63, 3.8) is 0 Å². The summed E-state index contributed by atoms with van der Waals surface area (Å²) >= 11 is 0. The highest BCUT2D eigenvalue weighted by atomic mass is 35.5. The van der Waals surface area contributed by atoms with Gasteiger partial charge in [-0.15, -0.1) is 12.4 Å². The largest absolute Gasteiger partial charge is 0.426 e. The maximum Gasteiger partial charge on any atom is 0.314 e. The summed E-state index contributed by atoms with van der Waals surface area (Å²) in [5, 5.41) is 0. The summed E-state index contributed by atoms with van der Waals surface area (Å²) in [7, 11) is 0. The lowest BCUT2D eigenvalue weighted by molar-refractivity contribution is -0.140. The minimum Gasteiger partial charge on any atom is -0.426 e. The van der Waals surface area contributed by atoms with Crippen molar-refractivity contribution in [3.8, 4) is 5.75 Å². The van der Waals surface area contributed by atoms with Gasteiger partial charge in [0.05, 0.1) is 5.92 Å². The van der Waals surface area contributed by atoms with Gasteiger partial charge in [0, 0.05) is 6.54 Å². The molecule has 1 saturated carbocycles. The SMILES string of the molecule is Cl.NC(N)=NCC1CCC(C(=O)Oc2ccc(Cc3ccccc3)cc2)CC1. The zero-order valence-electron chi connectivity index (χ0n) is 15.9. The molecule has 0 atom stereocenters.